The Morgan fingerprint density at radius 1 is 1.26 bits per heavy atom. The maximum atomic E-state index is 9.49. The molecule has 5 nitrogen and oxygen atoms in total. The lowest BCUT2D eigenvalue weighted by molar-refractivity contribution is 0.0262. The van der Waals surface area contributed by atoms with Crippen LogP contribution >= 0.6 is 0 Å². The van der Waals surface area contributed by atoms with Gasteiger partial charge in [0, 0.05) is 18.7 Å². The molecule has 0 spiro atoms. The summed E-state index contributed by atoms with van der Waals surface area (Å²) in [7, 11) is 3.19. The Labute approximate surface area is 113 Å². The minimum Gasteiger partial charge on any atom is -0.493 e. The Balaban J connectivity index is 2.35. The van der Waals surface area contributed by atoms with Gasteiger partial charge >= 0.3 is 0 Å². The summed E-state index contributed by atoms with van der Waals surface area (Å²) >= 11 is 0. The van der Waals surface area contributed by atoms with Crippen molar-refractivity contribution in [3.63, 3.8) is 0 Å². The number of hydrogen-bond acceptors (Lipinski definition) is 5. The number of nitriles is 1. The monoisotopic (exact) mass is 262 g/mol. The van der Waals surface area contributed by atoms with Gasteiger partial charge in [-0.25, -0.2) is 0 Å². The van der Waals surface area contributed by atoms with Gasteiger partial charge in [-0.3, -0.25) is 4.90 Å². The van der Waals surface area contributed by atoms with Crippen LogP contribution in [0.25, 0.3) is 0 Å². The highest BCUT2D eigenvalue weighted by molar-refractivity contribution is 5.49. The van der Waals surface area contributed by atoms with Gasteiger partial charge in [0.15, 0.2) is 11.5 Å². The summed E-state index contributed by atoms with van der Waals surface area (Å²) in [4.78, 5) is 2.10. The molecule has 0 amide bonds. The van der Waals surface area contributed by atoms with Gasteiger partial charge in [0.25, 0.3) is 0 Å². The Hall–Kier alpha value is -1.77. The van der Waals surface area contributed by atoms with Crippen LogP contribution in [0.1, 0.15) is 11.6 Å². The second-order valence-electron chi connectivity index (χ2n) is 4.26. The molecule has 1 aliphatic rings. The standard InChI is InChI=1S/C14H18N2O3/c1-17-13-5-3-4-11(14(13)18-2)12(10-15)16-6-8-19-9-7-16/h3-5,12H,6-9H2,1-2H3. The lowest BCUT2D eigenvalue weighted by Crippen LogP contribution is -2.38. The van der Waals surface area contributed by atoms with E-state index < -0.39 is 0 Å². The third-order valence-corrected chi connectivity index (χ3v) is 3.26. The average Bonchev–Trinajstić information content (AvgIpc) is 2.48. The number of ether oxygens (including phenoxy) is 3. The molecule has 5 heteroatoms. The first kappa shape index (κ1) is 13.7. The highest BCUT2D eigenvalue weighted by Crippen LogP contribution is 2.36. The first-order valence-corrected chi connectivity index (χ1v) is 6.24. The van der Waals surface area contributed by atoms with Crippen LogP contribution in [0.4, 0.5) is 0 Å². The maximum absolute atomic E-state index is 9.49. The van der Waals surface area contributed by atoms with Gasteiger partial charge in [0.2, 0.25) is 0 Å². The first-order valence-electron chi connectivity index (χ1n) is 6.24. The molecule has 0 radical (unpaired) electrons. The van der Waals surface area contributed by atoms with Crippen molar-refractivity contribution in [2.75, 3.05) is 40.5 Å². The molecular weight excluding hydrogens is 244 g/mol. The largest absolute Gasteiger partial charge is 0.493 e. The zero-order chi connectivity index (χ0) is 13.7. The molecule has 19 heavy (non-hydrogen) atoms. The fourth-order valence-corrected chi connectivity index (χ4v) is 2.31. The lowest BCUT2D eigenvalue weighted by atomic mass is 10.0. The number of morpholine rings is 1. The molecule has 2 rings (SSSR count). The summed E-state index contributed by atoms with van der Waals surface area (Å²) in [5.41, 5.74) is 0.839. The molecule has 1 aliphatic heterocycles. The number of para-hydroxylation sites is 1. The van der Waals surface area contributed by atoms with E-state index in [1.165, 1.54) is 0 Å². The molecule has 1 atom stereocenters. The highest BCUT2D eigenvalue weighted by Gasteiger charge is 2.26. The molecule has 0 N–H and O–H groups in total. The summed E-state index contributed by atoms with van der Waals surface area (Å²) < 4.78 is 16.0. The van der Waals surface area contributed by atoms with E-state index in [9.17, 15) is 5.26 Å². The van der Waals surface area contributed by atoms with E-state index in [1.54, 1.807) is 14.2 Å². The summed E-state index contributed by atoms with van der Waals surface area (Å²) in [5, 5.41) is 9.49. The van der Waals surface area contributed by atoms with Crippen molar-refractivity contribution in [1.29, 1.82) is 5.26 Å². The third-order valence-electron chi connectivity index (χ3n) is 3.26. The smallest absolute Gasteiger partial charge is 0.166 e. The van der Waals surface area contributed by atoms with Crippen LogP contribution in [0.3, 0.4) is 0 Å². The SMILES string of the molecule is COc1cccc(C(C#N)N2CCOCC2)c1OC. The molecule has 102 valence electrons. The topological polar surface area (TPSA) is 54.7 Å². The summed E-state index contributed by atoms with van der Waals surface area (Å²) in [6, 6.07) is 7.62. The van der Waals surface area contributed by atoms with Crippen LogP contribution in [-0.2, 0) is 4.74 Å². The third kappa shape index (κ3) is 2.80. The molecule has 1 aromatic carbocycles. The van der Waals surface area contributed by atoms with Crippen LogP contribution in [0.2, 0.25) is 0 Å². The normalized spacial score (nSPS) is 17.5. The average molecular weight is 262 g/mol. The van der Waals surface area contributed by atoms with Gasteiger partial charge in [-0.1, -0.05) is 12.1 Å². The van der Waals surface area contributed by atoms with E-state index >= 15 is 0 Å². The van der Waals surface area contributed by atoms with Gasteiger partial charge in [0.1, 0.15) is 6.04 Å². The van der Waals surface area contributed by atoms with Crippen LogP contribution in [0, 0.1) is 11.3 Å². The molecular formula is C14H18N2O3. The maximum Gasteiger partial charge on any atom is 0.166 e. The van der Waals surface area contributed by atoms with Gasteiger partial charge in [0.05, 0.1) is 33.5 Å². The number of benzene rings is 1. The summed E-state index contributed by atoms with van der Waals surface area (Å²) in [6.45, 7) is 2.81. The van der Waals surface area contributed by atoms with Crippen LogP contribution in [-0.4, -0.2) is 45.4 Å². The minimum atomic E-state index is -0.339. The molecule has 1 fully saturated rings. The highest BCUT2D eigenvalue weighted by atomic mass is 16.5. The Morgan fingerprint density at radius 3 is 2.58 bits per heavy atom. The lowest BCUT2D eigenvalue weighted by Gasteiger charge is -2.31. The number of rotatable bonds is 4. The van der Waals surface area contributed by atoms with Crippen molar-refractivity contribution in [3.05, 3.63) is 23.8 Å². The van der Waals surface area contributed by atoms with Gasteiger partial charge in [-0.05, 0) is 6.07 Å². The predicted octanol–water partition coefficient (Wildman–Crippen LogP) is 1.60. The van der Waals surface area contributed by atoms with E-state index in [-0.39, 0.29) is 6.04 Å². The van der Waals surface area contributed by atoms with E-state index in [0.717, 1.165) is 18.7 Å². The first-order chi connectivity index (χ1) is 9.31. The van der Waals surface area contributed by atoms with Crippen LogP contribution < -0.4 is 9.47 Å². The van der Waals surface area contributed by atoms with Crippen LogP contribution in [0.15, 0.2) is 18.2 Å². The summed E-state index contributed by atoms with van der Waals surface area (Å²) in [5.74, 6) is 1.27. The van der Waals surface area contributed by atoms with E-state index in [2.05, 4.69) is 11.0 Å². The quantitative estimate of drug-likeness (QED) is 0.825. The van der Waals surface area contributed by atoms with E-state index in [4.69, 9.17) is 14.2 Å². The second-order valence-corrected chi connectivity index (χ2v) is 4.26. The van der Waals surface area contributed by atoms with Crippen molar-refractivity contribution in [2.24, 2.45) is 0 Å². The molecule has 0 bridgehead atoms. The zero-order valence-corrected chi connectivity index (χ0v) is 11.3. The van der Waals surface area contributed by atoms with Crippen molar-refractivity contribution < 1.29 is 14.2 Å². The Kier molecular flexibility index (Phi) is 4.61. The molecule has 0 aliphatic carbocycles. The second kappa shape index (κ2) is 6.41. The zero-order valence-electron chi connectivity index (χ0n) is 11.3. The number of hydrogen-bond donors (Lipinski definition) is 0. The fourth-order valence-electron chi connectivity index (χ4n) is 2.31. The van der Waals surface area contributed by atoms with E-state index in [0.29, 0.717) is 24.7 Å². The minimum absolute atomic E-state index is 0.339. The fraction of sp³-hybridized carbons (Fsp3) is 0.500. The molecule has 1 saturated heterocycles. The van der Waals surface area contributed by atoms with Crippen molar-refractivity contribution >= 4 is 0 Å². The number of nitrogens with zero attached hydrogens (tertiary/aromatic N) is 2. The number of methoxy groups -OCH3 is 2. The Bertz CT molecular complexity index is 464. The molecule has 0 aromatic heterocycles. The van der Waals surface area contributed by atoms with Gasteiger partial charge < -0.3 is 14.2 Å². The van der Waals surface area contributed by atoms with Crippen molar-refractivity contribution in [2.45, 2.75) is 6.04 Å². The Morgan fingerprint density at radius 2 is 2.00 bits per heavy atom. The summed E-state index contributed by atoms with van der Waals surface area (Å²) in [6.07, 6.45) is 0. The van der Waals surface area contributed by atoms with E-state index in [1.807, 2.05) is 18.2 Å². The molecule has 0 saturated carbocycles. The van der Waals surface area contributed by atoms with Gasteiger partial charge in [-0.15, -0.1) is 0 Å². The molecule has 1 heterocycles. The predicted molar refractivity (Wildman–Crippen MR) is 70.3 cm³/mol. The van der Waals surface area contributed by atoms with Gasteiger partial charge in [-0.2, -0.15) is 5.26 Å². The van der Waals surface area contributed by atoms with Crippen molar-refractivity contribution in [3.8, 4) is 17.6 Å². The van der Waals surface area contributed by atoms with Crippen molar-refractivity contribution in [1.82, 2.24) is 4.90 Å². The molecule has 1 aromatic rings. The molecule has 1 unspecified atom stereocenters. The van der Waals surface area contributed by atoms with Crippen LogP contribution in [0.5, 0.6) is 11.5 Å².